The summed E-state index contributed by atoms with van der Waals surface area (Å²) in [5.41, 5.74) is 3.68. The fraction of sp³-hybridized carbons (Fsp3) is 0.143. The minimum atomic E-state index is 0.480. The van der Waals surface area contributed by atoms with Gasteiger partial charge in [0.1, 0.15) is 11.8 Å². The van der Waals surface area contributed by atoms with Crippen LogP contribution < -0.4 is 5.32 Å². The molecule has 1 aromatic carbocycles. The topological polar surface area (TPSA) is 48.7 Å². The van der Waals surface area contributed by atoms with Gasteiger partial charge >= 0.3 is 0 Å². The van der Waals surface area contributed by atoms with Crippen LogP contribution in [0, 0.1) is 21.8 Å². The summed E-state index contributed by atoms with van der Waals surface area (Å²) in [4.78, 5) is 4.05. The monoisotopic (exact) mass is 349 g/mol. The largest absolute Gasteiger partial charge is 0.381 e. The van der Waals surface area contributed by atoms with E-state index in [2.05, 4.69) is 64.1 Å². The molecule has 0 radical (unpaired) electrons. The third-order valence-electron chi connectivity index (χ3n) is 2.67. The first kappa shape index (κ1) is 12.8. The Morgan fingerprint density at radius 1 is 1.39 bits per heavy atom. The third-order valence-corrected chi connectivity index (χ3v) is 3.34. The summed E-state index contributed by atoms with van der Waals surface area (Å²) in [6, 6.07) is 12.1. The highest BCUT2D eigenvalue weighted by molar-refractivity contribution is 14.1. The summed E-state index contributed by atoms with van der Waals surface area (Å²) in [7, 11) is 0. The summed E-state index contributed by atoms with van der Waals surface area (Å²) < 4.78 is 1.19. The zero-order chi connectivity index (χ0) is 13.0. The summed E-state index contributed by atoms with van der Waals surface area (Å²) >= 11 is 2.29. The maximum absolute atomic E-state index is 8.97. The van der Waals surface area contributed by atoms with Crippen molar-refractivity contribution >= 4 is 28.3 Å². The van der Waals surface area contributed by atoms with Gasteiger partial charge in [-0.15, -0.1) is 0 Å². The van der Waals surface area contributed by atoms with Crippen LogP contribution in [0.2, 0.25) is 0 Å². The van der Waals surface area contributed by atoms with E-state index in [4.69, 9.17) is 5.26 Å². The van der Waals surface area contributed by atoms with Crippen LogP contribution in [-0.4, -0.2) is 4.98 Å². The van der Waals surface area contributed by atoms with Gasteiger partial charge in [0.15, 0.2) is 0 Å². The van der Waals surface area contributed by atoms with Crippen molar-refractivity contribution in [1.29, 1.82) is 5.26 Å². The second kappa shape index (κ2) is 5.83. The number of hydrogen-bond donors (Lipinski definition) is 1. The van der Waals surface area contributed by atoms with Crippen molar-refractivity contribution in [2.45, 2.75) is 13.5 Å². The fourth-order valence-corrected chi connectivity index (χ4v) is 2.15. The molecule has 90 valence electrons. The van der Waals surface area contributed by atoms with E-state index in [1.807, 2.05) is 12.1 Å². The number of nitrogens with one attached hydrogen (secondary N) is 1. The van der Waals surface area contributed by atoms with Gasteiger partial charge in [-0.25, -0.2) is 4.98 Å². The Balaban J connectivity index is 2.17. The van der Waals surface area contributed by atoms with Gasteiger partial charge in [0.2, 0.25) is 0 Å². The molecule has 0 unspecified atom stereocenters. The van der Waals surface area contributed by atoms with Crippen LogP contribution in [-0.2, 0) is 6.54 Å². The zero-order valence-electron chi connectivity index (χ0n) is 9.94. The molecule has 4 heteroatoms. The van der Waals surface area contributed by atoms with Crippen LogP contribution in [0.25, 0.3) is 0 Å². The Hall–Kier alpha value is -1.61. The molecule has 0 atom stereocenters. The van der Waals surface area contributed by atoms with Gasteiger partial charge in [-0.1, -0.05) is 12.1 Å². The lowest BCUT2D eigenvalue weighted by atomic mass is 10.1. The van der Waals surface area contributed by atoms with Crippen molar-refractivity contribution < 1.29 is 0 Å². The van der Waals surface area contributed by atoms with Crippen molar-refractivity contribution in [1.82, 2.24) is 4.98 Å². The number of nitriles is 1. The number of anilines is 1. The van der Waals surface area contributed by atoms with Gasteiger partial charge in [0.25, 0.3) is 0 Å². The molecule has 2 rings (SSSR count). The molecule has 0 aliphatic heterocycles. The molecule has 1 N–H and O–H groups in total. The van der Waals surface area contributed by atoms with Gasteiger partial charge in [-0.2, -0.15) is 5.26 Å². The number of benzene rings is 1. The van der Waals surface area contributed by atoms with E-state index in [1.165, 1.54) is 9.13 Å². The van der Waals surface area contributed by atoms with E-state index >= 15 is 0 Å². The lowest BCUT2D eigenvalue weighted by Crippen LogP contribution is -2.04. The number of halogens is 1. The van der Waals surface area contributed by atoms with E-state index in [1.54, 1.807) is 6.20 Å². The standard InChI is InChI=1S/C14H12IN3/c1-10-4-5-12(15)7-13(10)18-9-11-3-2-6-17-14(11)8-16/h2-7,18H,9H2,1H3. The number of pyridine rings is 1. The first-order valence-electron chi connectivity index (χ1n) is 5.54. The summed E-state index contributed by atoms with van der Waals surface area (Å²) in [6.07, 6.45) is 1.64. The minimum absolute atomic E-state index is 0.480. The smallest absolute Gasteiger partial charge is 0.145 e. The van der Waals surface area contributed by atoms with Crippen molar-refractivity contribution in [2.24, 2.45) is 0 Å². The maximum atomic E-state index is 8.97. The van der Waals surface area contributed by atoms with Crippen molar-refractivity contribution in [3.05, 3.63) is 56.9 Å². The molecule has 3 nitrogen and oxygen atoms in total. The van der Waals surface area contributed by atoms with Gasteiger partial charge in [-0.3, -0.25) is 0 Å². The molecule has 0 fully saturated rings. The van der Waals surface area contributed by atoms with Gasteiger partial charge in [0, 0.05) is 27.6 Å². The Morgan fingerprint density at radius 2 is 2.22 bits per heavy atom. The second-order valence-corrected chi connectivity index (χ2v) is 5.18. The molecular formula is C14H12IN3. The first-order valence-corrected chi connectivity index (χ1v) is 6.62. The number of hydrogen-bond acceptors (Lipinski definition) is 3. The Labute approximate surface area is 120 Å². The molecule has 0 amide bonds. The van der Waals surface area contributed by atoms with E-state index in [0.717, 1.165) is 11.3 Å². The molecule has 1 aromatic heterocycles. The number of rotatable bonds is 3. The summed E-state index contributed by atoms with van der Waals surface area (Å²) in [6.45, 7) is 2.67. The molecule has 0 aliphatic carbocycles. The molecule has 0 bridgehead atoms. The van der Waals surface area contributed by atoms with E-state index in [9.17, 15) is 0 Å². The van der Waals surface area contributed by atoms with Crippen LogP contribution in [0.1, 0.15) is 16.8 Å². The molecular weight excluding hydrogens is 337 g/mol. The van der Waals surface area contributed by atoms with Gasteiger partial charge in [-0.05, 0) is 53.3 Å². The molecule has 2 aromatic rings. The summed E-state index contributed by atoms with van der Waals surface area (Å²) in [5, 5.41) is 12.3. The molecule has 18 heavy (non-hydrogen) atoms. The van der Waals surface area contributed by atoms with Crippen LogP contribution in [0.15, 0.2) is 36.5 Å². The molecule has 1 heterocycles. The Morgan fingerprint density at radius 3 is 3.00 bits per heavy atom. The Kier molecular flexibility index (Phi) is 4.15. The van der Waals surface area contributed by atoms with E-state index in [0.29, 0.717) is 12.2 Å². The molecule has 0 spiro atoms. The van der Waals surface area contributed by atoms with Crippen LogP contribution in [0.3, 0.4) is 0 Å². The highest BCUT2D eigenvalue weighted by Crippen LogP contribution is 2.19. The van der Waals surface area contributed by atoms with Gasteiger partial charge < -0.3 is 5.32 Å². The highest BCUT2D eigenvalue weighted by atomic mass is 127. The lowest BCUT2D eigenvalue weighted by Gasteiger charge is -2.10. The number of aryl methyl sites for hydroxylation is 1. The second-order valence-electron chi connectivity index (χ2n) is 3.94. The number of nitrogens with zero attached hydrogens (tertiary/aromatic N) is 2. The van der Waals surface area contributed by atoms with Crippen molar-refractivity contribution in [3.63, 3.8) is 0 Å². The summed E-state index contributed by atoms with van der Waals surface area (Å²) in [5.74, 6) is 0. The van der Waals surface area contributed by atoms with Crippen LogP contribution in [0.5, 0.6) is 0 Å². The zero-order valence-corrected chi connectivity index (χ0v) is 12.1. The molecule has 0 aliphatic rings. The SMILES string of the molecule is Cc1ccc(I)cc1NCc1cccnc1C#N. The average Bonchev–Trinajstić information content (AvgIpc) is 2.40. The molecule has 0 saturated carbocycles. The molecule has 0 saturated heterocycles. The lowest BCUT2D eigenvalue weighted by molar-refractivity contribution is 1.08. The predicted molar refractivity (Wildman–Crippen MR) is 80.2 cm³/mol. The third kappa shape index (κ3) is 2.99. The van der Waals surface area contributed by atoms with Crippen molar-refractivity contribution in [2.75, 3.05) is 5.32 Å². The van der Waals surface area contributed by atoms with Crippen LogP contribution in [0.4, 0.5) is 5.69 Å². The normalized spacial score (nSPS) is 9.83. The Bertz CT molecular complexity index is 602. The number of aromatic nitrogens is 1. The fourth-order valence-electron chi connectivity index (χ4n) is 1.66. The first-order chi connectivity index (χ1) is 8.70. The van der Waals surface area contributed by atoms with E-state index < -0.39 is 0 Å². The average molecular weight is 349 g/mol. The van der Waals surface area contributed by atoms with Crippen molar-refractivity contribution in [3.8, 4) is 6.07 Å². The van der Waals surface area contributed by atoms with Crippen LogP contribution >= 0.6 is 22.6 Å². The van der Waals surface area contributed by atoms with E-state index in [-0.39, 0.29) is 0 Å². The minimum Gasteiger partial charge on any atom is -0.381 e. The quantitative estimate of drug-likeness (QED) is 0.864. The highest BCUT2D eigenvalue weighted by Gasteiger charge is 2.03. The predicted octanol–water partition coefficient (Wildman–Crippen LogP) is 3.48. The maximum Gasteiger partial charge on any atom is 0.145 e. The van der Waals surface area contributed by atoms with Gasteiger partial charge in [0.05, 0.1) is 0 Å².